The second kappa shape index (κ2) is 5.63. The summed E-state index contributed by atoms with van der Waals surface area (Å²) in [6.07, 6.45) is 2.97. The maximum atomic E-state index is 11.4. The van der Waals surface area contributed by atoms with Gasteiger partial charge in [-0.3, -0.25) is 4.98 Å². The maximum absolute atomic E-state index is 11.4. The zero-order valence-electron chi connectivity index (χ0n) is 11.8. The number of rotatable bonds is 4. The van der Waals surface area contributed by atoms with E-state index < -0.39 is 9.84 Å². The summed E-state index contributed by atoms with van der Waals surface area (Å²) in [5.41, 5.74) is 2.94. The Balaban J connectivity index is 2.18. The van der Waals surface area contributed by atoms with E-state index in [9.17, 15) is 8.42 Å². The Morgan fingerprint density at radius 3 is 2.35 bits per heavy atom. The van der Waals surface area contributed by atoms with Gasteiger partial charge in [-0.05, 0) is 43.7 Å². The molecule has 0 spiro atoms. The average Bonchev–Trinajstić information content (AvgIpc) is 2.40. The number of anilines is 1. The fourth-order valence-corrected chi connectivity index (χ4v) is 2.59. The van der Waals surface area contributed by atoms with Crippen LogP contribution in [0.5, 0.6) is 0 Å². The molecule has 1 atom stereocenters. The molecule has 1 N–H and O–H groups in total. The zero-order valence-corrected chi connectivity index (χ0v) is 12.6. The molecule has 4 nitrogen and oxygen atoms in total. The molecular formula is C15H18N2O2S. The molecule has 0 aliphatic heterocycles. The van der Waals surface area contributed by atoms with Crippen LogP contribution < -0.4 is 5.32 Å². The number of nitrogens with zero attached hydrogens (tertiary/aromatic N) is 1. The van der Waals surface area contributed by atoms with Crippen LogP contribution in [0.3, 0.4) is 0 Å². The lowest BCUT2D eigenvalue weighted by atomic mass is 10.1. The van der Waals surface area contributed by atoms with Crippen LogP contribution in [0.2, 0.25) is 0 Å². The van der Waals surface area contributed by atoms with Crippen LogP contribution in [0.25, 0.3) is 0 Å². The third kappa shape index (κ3) is 3.36. The zero-order chi connectivity index (χ0) is 14.8. The van der Waals surface area contributed by atoms with E-state index in [-0.39, 0.29) is 6.04 Å². The van der Waals surface area contributed by atoms with Gasteiger partial charge in [-0.1, -0.05) is 12.1 Å². The fourth-order valence-electron chi connectivity index (χ4n) is 1.96. The summed E-state index contributed by atoms with van der Waals surface area (Å²) in [5.74, 6) is 0. The molecular weight excluding hydrogens is 272 g/mol. The van der Waals surface area contributed by atoms with Gasteiger partial charge in [0, 0.05) is 18.5 Å². The molecule has 2 rings (SSSR count). The molecule has 0 saturated carbocycles. The number of aromatic nitrogens is 1. The van der Waals surface area contributed by atoms with Crippen LogP contribution in [-0.4, -0.2) is 19.7 Å². The van der Waals surface area contributed by atoms with Crippen molar-refractivity contribution in [3.8, 4) is 0 Å². The molecule has 106 valence electrons. The normalized spacial score (nSPS) is 12.9. The molecule has 1 unspecified atom stereocenters. The number of sulfone groups is 1. The summed E-state index contributed by atoms with van der Waals surface area (Å²) >= 11 is 0. The number of aryl methyl sites for hydroxylation is 1. The van der Waals surface area contributed by atoms with Gasteiger partial charge < -0.3 is 5.32 Å². The summed E-state index contributed by atoms with van der Waals surface area (Å²) in [4.78, 5) is 4.57. The molecule has 0 bridgehead atoms. The second-order valence-corrected chi connectivity index (χ2v) is 6.86. The van der Waals surface area contributed by atoms with Crippen molar-refractivity contribution in [2.45, 2.75) is 24.8 Å². The third-order valence-electron chi connectivity index (χ3n) is 3.19. The fraction of sp³-hybridized carbons (Fsp3) is 0.267. The molecule has 0 fully saturated rings. The number of hydrogen-bond donors (Lipinski definition) is 1. The highest BCUT2D eigenvalue weighted by molar-refractivity contribution is 7.90. The predicted octanol–water partition coefficient (Wildman–Crippen LogP) is 2.97. The van der Waals surface area contributed by atoms with Crippen molar-refractivity contribution in [1.29, 1.82) is 0 Å². The van der Waals surface area contributed by atoms with E-state index >= 15 is 0 Å². The Kier molecular flexibility index (Phi) is 4.09. The van der Waals surface area contributed by atoms with E-state index in [1.165, 1.54) is 6.26 Å². The lowest BCUT2D eigenvalue weighted by Gasteiger charge is -2.17. The van der Waals surface area contributed by atoms with Crippen molar-refractivity contribution in [1.82, 2.24) is 4.98 Å². The maximum Gasteiger partial charge on any atom is 0.175 e. The molecule has 0 saturated heterocycles. The van der Waals surface area contributed by atoms with Crippen LogP contribution in [0, 0.1) is 6.92 Å². The van der Waals surface area contributed by atoms with Crippen LogP contribution in [-0.2, 0) is 9.84 Å². The van der Waals surface area contributed by atoms with Crippen LogP contribution >= 0.6 is 0 Å². The Labute approximate surface area is 119 Å². The monoisotopic (exact) mass is 290 g/mol. The third-order valence-corrected chi connectivity index (χ3v) is 4.32. The van der Waals surface area contributed by atoms with Crippen LogP contribution in [0.1, 0.15) is 24.2 Å². The Morgan fingerprint density at radius 1 is 1.15 bits per heavy atom. The summed E-state index contributed by atoms with van der Waals surface area (Å²) < 4.78 is 22.9. The second-order valence-electron chi connectivity index (χ2n) is 4.84. The van der Waals surface area contributed by atoms with Gasteiger partial charge in [0.15, 0.2) is 9.84 Å². The molecule has 1 aromatic heterocycles. The first-order valence-corrected chi connectivity index (χ1v) is 8.25. The van der Waals surface area contributed by atoms with Crippen molar-refractivity contribution >= 4 is 15.5 Å². The number of nitrogens with one attached hydrogen (secondary N) is 1. The van der Waals surface area contributed by atoms with E-state index in [1.807, 2.05) is 38.1 Å². The first-order chi connectivity index (χ1) is 9.38. The Morgan fingerprint density at radius 2 is 1.80 bits per heavy atom. The van der Waals surface area contributed by atoms with E-state index in [0.717, 1.165) is 16.9 Å². The van der Waals surface area contributed by atoms with Gasteiger partial charge >= 0.3 is 0 Å². The highest BCUT2D eigenvalue weighted by Gasteiger charge is 2.10. The standard InChI is InChI=1S/C15H18N2O2S/c1-11(17-15-5-4-10-16-12(15)2)13-6-8-14(9-7-13)20(3,18)19/h4-11,17H,1-3H3. The molecule has 0 radical (unpaired) electrons. The highest BCUT2D eigenvalue weighted by atomic mass is 32.2. The van der Waals surface area contributed by atoms with Crippen molar-refractivity contribution in [2.75, 3.05) is 11.6 Å². The first kappa shape index (κ1) is 14.5. The molecule has 0 aliphatic carbocycles. The molecule has 5 heteroatoms. The lowest BCUT2D eigenvalue weighted by Crippen LogP contribution is -2.08. The molecule has 1 aromatic carbocycles. The predicted molar refractivity (Wildman–Crippen MR) is 80.6 cm³/mol. The van der Waals surface area contributed by atoms with Crippen molar-refractivity contribution in [2.24, 2.45) is 0 Å². The van der Waals surface area contributed by atoms with Gasteiger partial charge in [0.25, 0.3) is 0 Å². The summed E-state index contributed by atoms with van der Waals surface area (Å²) in [6.45, 7) is 3.98. The van der Waals surface area contributed by atoms with Gasteiger partial charge in [-0.15, -0.1) is 0 Å². The number of benzene rings is 1. The van der Waals surface area contributed by atoms with Crippen molar-refractivity contribution in [3.63, 3.8) is 0 Å². The van der Waals surface area contributed by atoms with E-state index in [2.05, 4.69) is 10.3 Å². The minimum Gasteiger partial charge on any atom is -0.377 e. The van der Waals surface area contributed by atoms with Crippen LogP contribution in [0.15, 0.2) is 47.5 Å². The van der Waals surface area contributed by atoms with Crippen LogP contribution in [0.4, 0.5) is 5.69 Å². The molecule has 0 aliphatic rings. The smallest absolute Gasteiger partial charge is 0.175 e. The van der Waals surface area contributed by atoms with E-state index in [0.29, 0.717) is 4.90 Å². The first-order valence-electron chi connectivity index (χ1n) is 6.36. The largest absolute Gasteiger partial charge is 0.377 e. The summed E-state index contributed by atoms with van der Waals surface area (Å²) in [7, 11) is -3.14. The summed E-state index contributed by atoms with van der Waals surface area (Å²) in [6, 6.07) is 10.9. The molecule has 0 amide bonds. The van der Waals surface area contributed by atoms with Gasteiger partial charge in [0.2, 0.25) is 0 Å². The Bertz CT molecular complexity index is 694. The van der Waals surface area contributed by atoms with Gasteiger partial charge in [-0.25, -0.2) is 8.42 Å². The lowest BCUT2D eigenvalue weighted by molar-refractivity contribution is 0.602. The highest BCUT2D eigenvalue weighted by Crippen LogP contribution is 2.22. The number of pyridine rings is 1. The van der Waals surface area contributed by atoms with E-state index in [1.54, 1.807) is 18.3 Å². The Hall–Kier alpha value is -1.88. The van der Waals surface area contributed by atoms with Gasteiger partial charge in [-0.2, -0.15) is 0 Å². The van der Waals surface area contributed by atoms with Crippen molar-refractivity contribution in [3.05, 3.63) is 53.9 Å². The summed E-state index contributed by atoms with van der Waals surface area (Å²) in [5, 5.41) is 3.37. The minimum atomic E-state index is -3.14. The van der Waals surface area contributed by atoms with E-state index in [4.69, 9.17) is 0 Å². The minimum absolute atomic E-state index is 0.0755. The number of hydrogen-bond acceptors (Lipinski definition) is 4. The van der Waals surface area contributed by atoms with Gasteiger partial charge in [0.05, 0.1) is 16.3 Å². The quantitative estimate of drug-likeness (QED) is 0.940. The topological polar surface area (TPSA) is 59.1 Å². The van der Waals surface area contributed by atoms with Gasteiger partial charge in [0.1, 0.15) is 0 Å². The average molecular weight is 290 g/mol. The van der Waals surface area contributed by atoms with Crippen molar-refractivity contribution < 1.29 is 8.42 Å². The molecule has 2 aromatic rings. The molecule has 1 heterocycles. The SMILES string of the molecule is Cc1ncccc1NC(C)c1ccc(S(C)(=O)=O)cc1. The molecule has 20 heavy (non-hydrogen) atoms.